The normalized spacial score (nSPS) is 17.0. The zero-order valence-electron chi connectivity index (χ0n) is 17.9. The summed E-state index contributed by atoms with van der Waals surface area (Å²) in [6.45, 7) is 6.21. The number of fused-ring (bicyclic) bond motifs is 1. The molecule has 4 rings (SSSR count). The first-order valence-corrected chi connectivity index (χ1v) is 10.6. The average molecular weight is 400 g/mol. The number of hydrogen-bond acceptors (Lipinski definition) is 2. The molecule has 0 spiro atoms. The third-order valence-electron chi connectivity index (χ3n) is 5.72. The fourth-order valence-corrected chi connectivity index (χ4v) is 4.21. The smallest absolute Gasteiger partial charge is 0.252 e. The summed E-state index contributed by atoms with van der Waals surface area (Å²) in [4.78, 5) is 13.3. The van der Waals surface area contributed by atoms with Crippen LogP contribution in [0.4, 0.5) is 0 Å². The van der Waals surface area contributed by atoms with Crippen molar-refractivity contribution in [3.05, 3.63) is 101 Å². The van der Waals surface area contributed by atoms with Gasteiger partial charge in [-0.05, 0) is 62.4 Å². The lowest BCUT2D eigenvalue weighted by Crippen LogP contribution is -2.41. The van der Waals surface area contributed by atoms with E-state index >= 15 is 0 Å². The first kappa shape index (κ1) is 20.2. The van der Waals surface area contributed by atoms with Gasteiger partial charge in [0.1, 0.15) is 11.4 Å². The van der Waals surface area contributed by atoms with Gasteiger partial charge in [0.15, 0.2) is 0 Å². The van der Waals surface area contributed by atoms with Crippen LogP contribution in [0.5, 0.6) is 5.75 Å². The Morgan fingerprint density at radius 2 is 1.73 bits per heavy atom. The maximum Gasteiger partial charge on any atom is 0.252 e. The Morgan fingerprint density at radius 1 is 1.00 bits per heavy atom. The molecule has 0 aliphatic carbocycles. The van der Waals surface area contributed by atoms with Gasteiger partial charge in [-0.3, -0.25) is 4.79 Å². The van der Waals surface area contributed by atoms with Crippen LogP contribution in [0.2, 0.25) is 0 Å². The van der Waals surface area contributed by atoms with Gasteiger partial charge in [0.05, 0.1) is 6.04 Å². The third-order valence-corrected chi connectivity index (χ3v) is 5.72. The quantitative estimate of drug-likeness (QED) is 0.588. The highest BCUT2D eigenvalue weighted by molar-refractivity contribution is 5.96. The van der Waals surface area contributed by atoms with Crippen LogP contribution in [0.15, 0.2) is 72.8 Å². The van der Waals surface area contributed by atoms with Crippen molar-refractivity contribution in [3.8, 4) is 5.75 Å². The van der Waals surface area contributed by atoms with E-state index < -0.39 is 0 Å². The topological polar surface area (TPSA) is 38.3 Å². The van der Waals surface area contributed by atoms with Crippen molar-refractivity contribution in [3.63, 3.8) is 0 Å². The minimum absolute atomic E-state index is 0.0205. The summed E-state index contributed by atoms with van der Waals surface area (Å²) >= 11 is 0. The van der Waals surface area contributed by atoms with E-state index in [-0.39, 0.29) is 17.6 Å². The van der Waals surface area contributed by atoms with Crippen molar-refractivity contribution < 1.29 is 9.53 Å². The molecule has 0 saturated carbocycles. The van der Waals surface area contributed by atoms with Crippen LogP contribution in [-0.2, 0) is 12.8 Å². The van der Waals surface area contributed by atoms with Gasteiger partial charge in [-0.1, -0.05) is 60.7 Å². The maximum absolute atomic E-state index is 13.3. The van der Waals surface area contributed by atoms with Gasteiger partial charge in [-0.15, -0.1) is 0 Å². The predicted octanol–water partition coefficient (Wildman–Crippen LogP) is 5.81. The van der Waals surface area contributed by atoms with Crippen molar-refractivity contribution in [2.75, 3.05) is 0 Å². The molecule has 1 heterocycles. The van der Waals surface area contributed by atoms with Crippen molar-refractivity contribution in [2.24, 2.45) is 0 Å². The molecule has 0 saturated heterocycles. The molecular formula is C27H29NO2. The summed E-state index contributed by atoms with van der Waals surface area (Å²) in [6, 6.07) is 24.5. The summed E-state index contributed by atoms with van der Waals surface area (Å²) in [5.41, 5.74) is 4.99. The van der Waals surface area contributed by atoms with E-state index in [4.69, 9.17) is 4.74 Å². The third kappa shape index (κ3) is 4.56. The number of nitrogens with one attached hydrogen (secondary N) is 1. The van der Waals surface area contributed by atoms with Crippen LogP contribution in [0.1, 0.15) is 58.9 Å². The van der Waals surface area contributed by atoms with E-state index in [1.54, 1.807) is 0 Å². The molecule has 0 aromatic heterocycles. The summed E-state index contributed by atoms with van der Waals surface area (Å²) in [7, 11) is 0. The van der Waals surface area contributed by atoms with Crippen molar-refractivity contribution in [1.29, 1.82) is 0 Å². The molecular weight excluding hydrogens is 370 g/mol. The number of ether oxygens (including phenoxy) is 1. The zero-order valence-corrected chi connectivity index (χ0v) is 17.9. The average Bonchev–Trinajstić information content (AvgIpc) is 2.72. The minimum atomic E-state index is -0.328. The Hall–Kier alpha value is -3.07. The number of benzene rings is 3. The molecule has 3 aromatic carbocycles. The number of carbonyl (C=O) groups is 1. The van der Waals surface area contributed by atoms with Gasteiger partial charge in [0.2, 0.25) is 0 Å². The molecule has 3 heteroatoms. The molecule has 1 amide bonds. The van der Waals surface area contributed by atoms with Gasteiger partial charge in [-0.25, -0.2) is 0 Å². The molecule has 1 aliphatic heterocycles. The standard InChI is InChI=1S/C27H29NO2/c1-19-13-16-23-24(18-27(2,3)30-25(23)17-19)28-26(29)22-12-8-7-11-21(22)15-14-20-9-5-4-6-10-20/h4-13,16-17,24H,14-15,18H2,1-3H3,(H,28,29)/t24-/m0/s1. The lowest BCUT2D eigenvalue weighted by molar-refractivity contribution is 0.0619. The first-order chi connectivity index (χ1) is 14.4. The highest BCUT2D eigenvalue weighted by Gasteiger charge is 2.34. The predicted molar refractivity (Wildman–Crippen MR) is 121 cm³/mol. The van der Waals surface area contributed by atoms with Crippen LogP contribution in [0, 0.1) is 6.92 Å². The van der Waals surface area contributed by atoms with Crippen LogP contribution in [0.3, 0.4) is 0 Å². The SMILES string of the molecule is Cc1ccc2c(c1)OC(C)(C)C[C@@H]2NC(=O)c1ccccc1CCc1ccccc1. The van der Waals surface area contributed by atoms with Crippen molar-refractivity contribution >= 4 is 5.91 Å². The molecule has 154 valence electrons. The number of hydrogen-bond donors (Lipinski definition) is 1. The Labute approximate surface area is 179 Å². The Balaban J connectivity index is 1.55. The lowest BCUT2D eigenvalue weighted by Gasteiger charge is -2.38. The van der Waals surface area contributed by atoms with Crippen molar-refractivity contribution in [2.45, 2.75) is 51.7 Å². The number of carbonyl (C=O) groups excluding carboxylic acids is 1. The summed E-state index contributed by atoms with van der Waals surface area (Å²) in [6.07, 6.45) is 2.49. The molecule has 30 heavy (non-hydrogen) atoms. The van der Waals surface area contributed by atoms with Gasteiger partial charge < -0.3 is 10.1 Å². The molecule has 3 nitrogen and oxygen atoms in total. The van der Waals surface area contributed by atoms with E-state index in [0.717, 1.165) is 47.3 Å². The fourth-order valence-electron chi connectivity index (χ4n) is 4.21. The van der Waals surface area contributed by atoms with E-state index in [2.05, 4.69) is 74.6 Å². The number of amides is 1. The summed E-state index contributed by atoms with van der Waals surface area (Å²) < 4.78 is 6.18. The van der Waals surface area contributed by atoms with E-state index in [1.807, 2.05) is 24.3 Å². The summed E-state index contributed by atoms with van der Waals surface area (Å²) in [5.74, 6) is 0.849. The van der Waals surface area contributed by atoms with E-state index in [0.29, 0.717) is 0 Å². The second kappa shape index (κ2) is 8.35. The van der Waals surface area contributed by atoms with Gasteiger partial charge in [0, 0.05) is 17.5 Å². The zero-order chi connectivity index (χ0) is 21.1. The second-order valence-electron chi connectivity index (χ2n) is 8.78. The summed E-state index contributed by atoms with van der Waals surface area (Å²) in [5, 5.41) is 3.29. The van der Waals surface area contributed by atoms with Gasteiger partial charge in [-0.2, -0.15) is 0 Å². The lowest BCUT2D eigenvalue weighted by atomic mass is 9.88. The number of rotatable bonds is 5. The number of aryl methyl sites for hydroxylation is 3. The monoisotopic (exact) mass is 399 g/mol. The highest BCUT2D eigenvalue weighted by Crippen LogP contribution is 2.40. The van der Waals surface area contributed by atoms with Crippen LogP contribution in [0.25, 0.3) is 0 Å². The molecule has 3 aromatic rings. The van der Waals surface area contributed by atoms with Crippen molar-refractivity contribution in [1.82, 2.24) is 5.32 Å². The molecule has 1 N–H and O–H groups in total. The second-order valence-corrected chi connectivity index (χ2v) is 8.78. The largest absolute Gasteiger partial charge is 0.487 e. The van der Waals surface area contributed by atoms with Crippen LogP contribution < -0.4 is 10.1 Å². The molecule has 0 bridgehead atoms. The molecule has 0 radical (unpaired) electrons. The molecule has 0 unspecified atom stereocenters. The van der Waals surface area contributed by atoms with E-state index in [9.17, 15) is 4.79 Å². The molecule has 0 fully saturated rings. The van der Waals surface area contributed by atoms with E-state index in [1.165, 1.54) is 5.56 Å². The molecule has 1 aliphatic rings. The Kier molecular flexibility index (Phi) is 5.63. The van der Waals surface area contributed by atoms with Crippen LogP contribution in [-0.4, -0.2) is 11.5 Å². The van der Waals surface area contributed by atoms with Gasteiger partial charge >= 0.3 is 0 Å². The van der Waals surface area contributed by atoms with Gasteiger partial charge in [0.25, 0.3) is 5.91 Å². The maximum atomic E-state index is 13.3. The highest BCUT2D eigenvalue weighted by atomic mass is 16.5. The molecule has 1 atom stereocenters. The Morgan fingerprint density at radius 3 is 2.53 bits per heavy atom. The fraction of sp³-hybridized carbons (Fsp3) is 0.296. The first-order valence-electron chi connectivity index (χ1n) is 10.6. The Bertz CT molecular complexity index is 1040. The van der Waals surface area contributed by atoms with Crippen LogP contribution >= 0.6 is 0 Å². The minimum Gasteiger partial charge on any atom is -0.487 e.